The molecule has 0 aromatic rings. The van der Waals surface area contributed by atoms with Crippen molar-refractivity contribution in [3.8, 4) is 0 Å². The molecule has 2 heterocycles. The van der Waals surface area contributed by atoms with Gasteiger partial charge < -0.3 is 15.5 Å². The van der Waals surface area contributed by atoms with Gasteiger partial charge in [-0.25, -0.2) is 0 Å². The minimum absolute atomic E-state index is 0. The highest BCUT2D eigenvalue weighted by Crippen LogP contribution is 2.17. The maximum atomic E-state index is 12.2. The molecule has 0 aliphatic carbocycles. The Bertz CT molecular complexity index is 316. The van der Waals surface area contributed by atoms with Gasteiger partial charge in [0, 0.05) is 30.9 Å². The third-order valence-corrected chi connectivity index (χ3v) is 4.17. The van der Waals surface area contributed by atoms with Crippen LogP contribution in [0, 0.1) is 0 Å². The van der Waals surface area contributed by atoms with Crippen LogP contribution in [0.3, 0.4) is 0 Å². The van der Waals surface area contributed by atoms with Crippen LogP contribution >= 0.6 is 24.2 Å². The molecule has 2 unspecified atom stereocenters. The van der Waals surface area contributed by atoms with E-state index in [2.05, 4.69) is 17.6 Å². The summed E-state index contributed by atoms with van der Waals surface area (Å²) in [5.41, 5.74) is 0. The Balaban J connectivity index is 0.00000144. The topological polar surface area (TPSA) is 61.4 Å². The lowest BCUT2D eigenvalue weighted by Gasteiger charge is -2.39. The molecule has 5 nitrogen and oxygen atoms in total. The lowest BCUT2D eigenvalue weighted by Crippen LogP contribution is -2.60. The molecule has 2 rings (SSSR count). The summed E-state index contributed by atoms with van der Waals surface area (Å²) in [4.78, 5) is 25.1. The fraction of sp³-hybridized carbons (Fsp3) is 0.800. The third kappa shape index (κ3) is 3.05. The fourth-order valence-electron chi connectivity index (χ4n) is 2.09. The molecule has 0 aromatic heterocycles. The summed E-state index contributed by atoms with van der Waals surface area (Å²) in [5, 5.41) is 5.94. The number of thioether (sulfide) groups is 1. The van der Waals surface area contributed by atoms with Gasteiger partial charge in [0.1, 0.15) is 6.04 Å². The van der Waals surface area contributed by atoms with Crippen molar-refractivity contribution in [2.45, 2.75) is 32.0 Å². The first-order valence-electron chi connectivity index (χ1n) is 5.56. The normalized spacial score (nSPS) is 32.9. The highest BCUT2D eigenvalue weighted by atomic mass is 35.5. The van der Waals surface area contributed by atoms with Crippen LogP contribution in [0.15, 0.2) is 0 Å². The molecule has 2 amide bonds. The van der Waals surface area contributed by atoms with Gasteiger partial charge in [-0.15, -0.1) is 12.4 Å². The van der Waals surface area contributed by atoms with E-state index in [1.54, 1.807) is 0 Å². The lowest BCUT2D eigenvalue weighted by molar-refractivity contribution is -0.136. The molecule has 3 atom stereocenters. The number of nitrogens with one attached hydrogen (secondary N) is 2. The first kappa shape index (κ1) is 14.6. The summed E-state index contributed by atoms with van der Waals surface area (Å²) in [6, 6.07) is 0.163. The molecule has 2 fully saturated rings. The highest BCUT2D eigenvalue weighted by molar-refractivity contribution is 8.14. The molecular formula is C10H18ClN3O2S. The second-order valence-corrected chi connectivity index (χ2v) is 5.30. The van der Waals surface area contributed by atoms with Crippen LogP contribution in [0.4, 0.5) is 4.79 Å². The average Bonchev–Trinajstić information content (AvgIpc) is 2.68. The first-order valence-corrected chi connectivity index (χ1v) is 6.55. The Hall–Kier alpha value is -0.460. The minimum atomic E-state index is -0.328. The molecule has 2 aliphatic heterocycles. The highest BCUT2D eigenvalue weighted by Gasteiger charge is 2.35. The quantitative estimate of drug-likeness (QED) is 0.731. The van der Waals surface area contributed by atoms with Crippen molar-refractivity contribution in [2.75, 3.05) is 18.8 Å². The van der Waals surface area contributed by atoms with Crippen LogP contribution in [0.5, 0.6) is 0 Å². The molecule has 0 saturated carbocycles. The van der Waals surface area contributed by atoms with E-state index in [9.17, 15) is 9.59 Å². The monoisotopic (exact) mass is 279 g/mol. The lowest BCUT2D eigenvalue weighted by atomic mass is 10.1. The van der Waals surface area contributed by atoms with E-state index in [0.29, 0.717) is 11.8 Å². The number of amides is 2. The van der Waals surface area contributed by atoms with Crippen LogP contribution in [0.1, 0.15) is 13.8 Å². The molecule has 0 bridgehead atoms. The Morgan fingerprint density at radius 3 is 2.76 bits per heavy atom. The summed E-state index contributed by atoms with van der Waals surface area (Å²) in [6.45, 7) is 5.66. The Labute approximate surface area is 111 Å². The van der Waals surface area contributed by atoms with Gasteiger partial charge in [0.25, 0.3) is 5.24 Å². The molecule has 0 radical (unpaired) electrons. The van der Waals surface area contributed by atoms with E-state index >= 15 is 0 Å². The molecule has 98 valence electrons. The van der Waals surface area contributed by atoms with Crippen molar-refractivity contribution in [3.05, 3.63) is 0 Å². The molecule has 17 heavy (non-hydrogen) atoms. The second-order valence-electron chi connectivity index (χ2n) is 4.31. The number of nitrogens with zero attached hydrogens (tertiary/aromatic N) is 1. The van der Waals surface area contributed by atoms with E-state index in [-0.39, 0.29) is 35.6 Å². The zero-order valence-electron chi connectivity index (χ0n) is 9.93. The van der Waals surface area contributed by atoms with E-state index in [4.69, 9.17) is 0 Å². The SMILES string of the molecule is CC1NCCN(C(=O)[C@@H]2CSC(=O)N2)C1C.Cl. The van der Waals surface area contributed by atoms with Crippen molar-refractivity contribution >= 4 is 35.3 Å². The van der Waals surface area contributed by atoms with Crippen molar-refractivity contribution in [2.24, 2.45) is 0 Å². The Kier molecular flexibility index (Phi) is 5.09. The van der Waals surface area contributed by atoms with Crippen LogP contribution in [0.2, 0.25) is 0 Å². The van der Waals surface area contributed by atoms with E-state index in [1.165, 1.54) is 11.8 Å². The van der Waals surface area contributed by atoms with Crippen molar-refractivity contribution < 1.29 is 9.59 Å². The predicted molar refractivity (Wildman–Crippen MR) is 70.7 cm³/mol. The predicted octanol–water partition coefficient (Wildman–Crippen LogP) is 0.442. The maximum Gasteiger partial charge on any atom is 0.279 e. The van der Waals surface area contributed by atoms with Gasteiger partial charge in [-0.3, -0.25) is 9.59 Å². The molecular weight excluding hydrogens is 262 g/mol. The summed E-state index contributed by atoms with van der Waals surface area (Å²) < 4.78 is 0. The van der Waals surface area contributed by atoms with Gasteiger partial charge in [0.15, 0.2) is 0 Å². The van der Waals surface area contributed by atoms with Crippen LogP contribution < -0.4 is 10.6 Å². The van der Waals surface area contributed by atoms with Crippen LogP contribution in [-0.4, -0.2) is 53.0 Å². The van der Waals surface area contributed by atoms with E-state index in [1.807, 2.05) is 11.8 Å². The van der Waals surface area contributed by atoms with E-state index in [0.717, 1.165) is 13.1 Å². The molecule has 0 aromatic carbocycles. The van der Waals surface area contributed by atoms with Crippen molar-refractivity contribution in [3.63, 3.8) is 0 Å². The smallest absolute Gasteiger partial charge is 0.279 e. The minimum Gasteiger partial charge on any atom is -0.335 e. The van der Waals surface area contributed by atoms with Gasteiger partial charge >= 0.3 is 0 Å². The van der Waals surface area contributed by atoms with Crippen molar-refractivity contribution in [1.82, 2.24) is 15.5 Å². The van der Waals surface area contributed by atoms with Gasteiger partial charge in [-0.05, 0) is 13.8 Å². The number of carbonyl (C=O) groups excluding carboxylic acids is 2. The first-order chi connectivity index (χ1) is 7.59. The number of piperazine rings is 1. The summed E-state index contributed by atoms with van der Waals surface area (Å²) in [7, 11) is 0. The largest absolute Gasteiger partial charge is 0.335 e. The summed E-state index contributed by atoms with van der Waals surface area (Å²) in [5.74, 6) is 0.613. The maximum absolute atomic E-state index is 12.2. The number of halogens is 1. The standard InChI is InChI=1S/C10H17N3O2S.ClH/c1-6-7(2)13(4-3-11-6)9(14)8-5-16-10(15)12-8;/h6-8,11H,3-5H2,1-2H3,(H,12,15);1H/t6?,7?,8-;/m0./s1. The van der Waals surface area contributed by atoms with Gasteiger partial charge in [-0.1, -0.05) is 11.8 Å². The van der Waals surface area contributed by atoms with Gasteiger partial charge in [-0.2, -0.15) is 0 Å². The molecule has 0 spiro atoms. The Morgan fingerprint density at radius 2 is 2.18 bits per heavy atom. The average molecular weight is 280 g/mol. The molecule has 2 N–H and O–H groups in total. The van der Waals surface area contributed by atoms with Gasteiger partial charge in [0.2, 0.25) is 5.91 Å². The number of hydrogen-bond donors (Lipinski definition) is 2. The zero-order valence-corrected chi connectivity index (χ0v) is 11.6. The van der Waals surface area contributed by atoms with E-state index < -0.39 is 0 Å². The third-order valence-electron chi connectivity index (χ3n) is 3.29. The zero-order chi connectivity index (χ0) is 11.7. The summed E-state index contributed by atoms with van der Waals surface area (Å²) in [6.07, 6.45) is 0. The van der Waals surface area contributed by atoms with Crippen LogP contribution in [0.25, 0.3) is 0 Å². The molecule has 2 saturated heterocycles. The number of carbonyl (C=O) groups is 2. The number of hydrogen-bond acceptors (Lipinski definition) is 4. The molecule has 7 heteroatoms. The van der Waals surface area contributed by atoms with Crippen molar-refractivity contribution in [1.29, 1.82) is 0 Å². The van der Waals surface area contributed by atoms with Crippen LogP contribution in [-0.2, 0) is 4.79 Å². The fourth-order valence-corrected chi connectivity index (χ4v) is 2.86. The second kappa shape index (κ2) is 5.93. The Morgan fingerprint density at radius 1 is 1.47 bits per heavy atom. The van der Waals surface area contributed by atoms with Gasteiger partial charge in [0.05, 0.1) is 0 Å². The summed E-state index contributed by atoms with van der Waals surface area (Å²) >= 11 is 1.19. The number of rotatable bonds is 1. The molecule has 2 aliphatic rings.